The largest absolute Gasteiger partial charge is 0.490 e. The molecule has 38 heavy (non-hydrogen) atoms. The van der Waals surface area contributed by atoms with Crippen LogP contribution < -0.4 is 4.74 Å². The van der Waals surface area contributed by atoms with Gasteiger partial charge in [-0.3, -0.25) is 4.79 Å². The molecule has 0 spiro atoms. The Kier molecular flexibility index (Phi) is 7.56. The van der Waals surface area contributed by atoms with Crippen molar-refractivity contribution in [2.75, 3.05) is 19.8 Å². The quantitative estimate of drug-likeness (QED) is 0.230. The highest BCUT2D eigenvalue weighted by molar-refractivity contribution is 7.92. The number of hydrogen-bond acceptors (Lipinski definition) is 5. The second-order valence-corrected chi connectivity index (χ2v) is 18.9. The minimum absolute atomic E-state index is 0.131. The third-order valence-corrected chi connectivity index (χ3v) is 11.7. The Morgan fingerprint density at radius 1 is 1.05 bits per heavy atom. The molecule has 0 bridgehead atoms. The molecule has 0 amide bonds. The van der Waals surface area contributed by atoms with Crippen molar-refractivity contribution in [3.8, 4) is 5.75 Å². The number of hydrogen-bond donors (Lipinski definition) is 0. The Labute approximate surface area is 219 Å². The highest BCUT2D eigenvalue weighted by Crippen LogP contribution is 2.57. The van der Waals surface area contributed by atoms with Gasteiger partial charge in [0.1, 0.15) is 16.3 Å². The molecule has 5 nitrogen and oxygen atoms in total. The van der Waals surface area contributed by atoms with Crippen molar-refractivity contribution in [3.63, 3.8) is 0 Å². The van der Waals surface area contributed by atoms with Gasteiger partial charge in [0.15, 0.2) is 21.4 Å². The predicted octanol–water partition coefficient (Wildman–Crippen LogP) is 6.00. The van der Waals surface area contributed by atoms with Gasteiger partial charge >= 0.3 is 6.18 Å². The van der Waals surface area contributed by atoms with Crippen LogP contribution in [0.15, 0.2) is 41.3 Å². The van der Waals surface area contributed by atoms with E-state index < -0.39 is 80.7 Å². The minimum Gasteiger partial charge on any atom is -0.490 e. The summed E-state index contributed by atoms with van der Waals surface area (Å²) in [6.07, 6.45) is -5.32. The van der Waals surface area contributed by atoms with Gasteiger partial charge < -0.3 is 9.47 Å². The first-order valence-corrected chi connectivity index (χ1v) is 17.4. The van der Waals surface area contributed by atoms with E-state index in [1.165, 1.54) is 0 Å². The molecule has 3 atom stereocenters. The molecule has 4 rings (SSSR count). The summed E-state index contributed by atoms with van der Waals surface area (Å²) in [5, 5.41) is 0. The second-order valence-electron chi connectivity index (χ2n) is 11.0. The number of Topliss-reactive ketones (excluding diaryl/α,β-unsaturated/α-hetero) is 1. The molecule has 2 aliphatic rings. The number of benzene rings is 2. The van der Waals surface area contributed by atoms with Crippen LogP contribution >= 0.6 is 0 Å². The zero-order valence-corrected chi connectivity index (χ0v) is 23.0. The smallest absolute Gasteiger partial charge is 0.416 e. The van der Waals surface area contributed by atoms with Crippen LogP contribution in [0.3, 0.4) is 0 Å². The summed E-state index contributed by atoms with van der Waals surface area (Å²) < 4.78 is 107. The maximum Gasteiger partial charge on any atom is 0.416 e. The Hall–Kier alpha value is -2.31. The molecule has 1 fully saturated rings. The lowest BCUT2D eigenvalue weighted by Gasteiger charge is -2.49. The number of sulfone groups is 1. The Morgan fingerprint density at radius 3 is 2.29 bits per heavy atom. The summed E-state index contributed by atoms with van der Waals surface area (Å²) in [7, 11) is -6.13. The highest BCUT2D eigenvalue weighted by atomic mass is 32.2. The number of alkyl halides is 3. The molecule has 1 saturated carbocycles. The maximum atomic E-state index is 15.4. The molecule has 0 radical (unpaired) electrons. The SMILES string of the molecule is C[Si](C)(C)CCOC[C@@H]1C(=O)CCC2(S(=O)(=O)c3ccc(C(F)(F)F)cc3)c3c(F)ccc(F)c3OC[C@@H]12. The summed E-state index contributed by atoms with van der Waals surface area (Å²) in [5.74, 6) is -5.00. The third kappa shape index (κ3) is 5.02. The molecule has 1 aliphatic carbocycles. The number of rotatable bonds is 7. The van der Waals surface area contributed by atoms with Crippen LogP contribution in [0.5, 0.6) is 5.75 Å². The van der Waals surface area contributed by atoms with E-state index in [1.807, 2.05) is 0 Å². The number of ketones is 1. The number of carbonyl (C=O) groups excluding carboxylic acids is 1. The maximum absolute atomic E-state index is 15.4. The predicted molar refractivity (Wildman–Crippen MR) is 132 cm³/mol. The van der Waals surface area contributed by atoms with Gasteiger partial charge in [-0.25, -0.2) is 17.2 Å². The Morgan fingerprint density at radius 2 is 1.68 bits per heavy atom. The molecule has 2 aromatic carbocycles. The van der Waals surface area contributed by atoms with E-state index in [1.54, 1.807) is 0 Å². The van der Waals surface area contributed by atoms with E-state index >= 15 is 4.39 Å². The molecule has 1 heterocycles. The highest BCUT2D eigenvalue weighted by Gasteiger charge is 2.62. The first-order valence-electron chi connectivity index (χ1n) is 12.2. The number of halogens is 5. The lowest BCUT2D eigenvalue weighted by Crippen LogP contribution is -2.57. The lowest BCUT2D eigenvalue weighted by molar-refractivity contribution is -0.137. The second kappa shape index (κ2) is 10.0. The number of carbonyl (C=O) groups is 1. The van der Waals surface area contributed by atoms with Crippen molar-refractivity contribution < 1.29 is 44.6 Å². The number of ether oxygens (including phenoxy) is 2. The summed E-state index contributed by atoms with van der Waals surface area (Å²) in [5.41, 5.74) is -1.59. The van der Waals surface area contributed by atoms with E-state index in [4.69, 9.17) is 9.47 Å². The molecule has 12 heteroatoms. The molecule has 1 aliphatic heterocycles. The normalized spacial score (nSPS) is 23.9. The van der Waals surface area contributed by atoms with Crippen LogP contribution in [0.1, 0.15) is 24.0 Å². The molecular weight excluding hydrogens is 547 g/mol. The lowest BCUT2D eigenvalue weighted by atomic mass is 9.67. The van der Waals surface area contributed by atoms with E-state index in [0.717, 1.165) is 30.3 Å². The standard InChI is InChI=1S/C26H29F5O5SSi/c1-38(2,3)13-12-35-14-18-19-15-36-24-21(28)9-8-20(27)23(24)25(19,11-10-22(18)32)37(33,34)17-6-4-16(5-7-17)26(29,30)31/h4-9,18-19H,10-15H2,1-3H3/t18-,19-,25?/m0/s1. The van der Waals surface area contributed by atoms with E-state index in [9.17, 15) is 30.8 Å². The third-order valence-electron chi connectivity index (χ3n) is 7.40. The zero-order chi connectivity index (χ0) is 28.1. The molecule has 2 aromatic rings. The van der Waals surface area contributed by atoms with E-state index in [0.29, 0.717) is 18.7 Å². The minimum atomic E-state index is -4.70. The number of fused-ring (bicyclic) bond motifs is 3. The first-order chi connectivity index (χ1) is 17.6. The van der Waals surface area contributed by atoms with E-state index in [-0.39, 0.29) is 25.2 Å². The fraction of sp³-hybridized carbons (Fsp3) is 0.500. The Balaban J connectivity index is 1.84. The monoisotopic (exact) mass is 576 g/mol. The van der Waals surface area contributed by atoms with Gasteiger partial charge in [0, 0.05) is 32.9 Å². The van der Waals surface area contributed by atoms with Crippen LogP contribution in [0, 0.1) is 23.5 Å². The van der Waals surface area contributed by atoms with Crippen LogP contribution in [-0.4, -0.2) is 42.1 Å². The van der Waals surface area contributed by atoms with Crippen molar-refractivity contribution >= 4 is 23.7 Å². The van der Waals surface area contributed by atoms with Gasteiger partial charge in [-0.05, 0) is 48.9 Å². The van der Waals surface area contributed by atoms with Crippen LogP contribution in [-0.2, 0) is 30.3 Å². The van der Waals surface area contributed by atoms with Crippen molar-refractivity contribution in [1.82, 2.24) is 0 Å². The van der Waals surface area contributed by atoms with E-state index in [2.05, 4.69) is 19.6 Å². The zero-order valence-electron chi connectivity index (χ0n) is 21.2. The fourth-order valence-corrected chi connectivity index (χ4v) is 8.46. The van der Waals surface area contributed by atoms with Crippen molar-refractivity contribution in [3.05, 3.63) is 59.2 Å². The average Bonchev–Trinajstić information content (AvgIpc) is 2.83. The van der Waals surface area contributed by atoms with Crippen LogP contribution in [0.25, 0.3) is 0 Å². The van der Waals surface area contributed by atoms with Gasteiger partial charge in [0.05, 0.1) is 29.2 Å². The van der Waals surface area contributed by atoms with Gasteiger partial charge in [0.2, 0.25) is 0 Å². The summed E-state index contributed by atoms with van der Waals surface area (Å²) in [6.45, 7) is 6.26. The van der Waals surface area contributed by atoms with Gasteiger partial charge in [-0.1, -0.05) is 19.6 Å². The van der Waals surface area contributed by atoms with Crippen molar-refractivity contribution in [1.29, 1.82) is 0 Å². The molecule has 0 N–H and O–H groups in total. The van der Waals surface area contributed by atoms with Crippen LogP contribution in [0.2, 0.25) is 25.7 Å². The molecule has 208 valence electrons. The molecular formula is C26H29F5O5SSi. The fourth-order valence-electron chi connectivity index (χ4n) is 5.33. The van der Waals surface area contributed by atoms with Gasteiger partial charge in [-0.15, -0.1) is 0 Å². The first kappa shape index (κ1) is 28.7. The summed E-state index contributed by atoms with van der Waals surface area (Å²) >= 11 is 0. The van der Waals surface area contributed by atoms with Gasteiger partial charge in [0.25, 0.3) is 0 Å². The topological polar surface area (TPSA) is 69.7 Å². The molecule has 1 unspecified atom stereocenters. The summed E-state index contributed by atoms with van der Waals surface area (Å²) in [4.78, 5) is 12.6. The van der Waals surface area contributed by atoms with Crippen LogP contribution in [0.4, 0.5) is 22.0 Å². The Bertz CT molecular complexity index is 1320. The van der Waals surface area contributed by atoms with Gasteiger partial charge in [-0.2, -0.15) is 13.2 Å². The van der Waals surface area contributed by atoms with Crippen molar-refractivity contribution in [2.24, 2.45) is 11.8 Å². The molecule has 0 saturated heterocycles. The summed E-state index contributed by atoms with van der Waals surface area (Å²) in [6, 6.07) is 5.29. The average molecular weight is 577 g/mol. The molecule has 0 aromatic heterocycles. The van der Waals surface area contributed by atoms with Crippen molar-refractivity contribution in [2.45, 2.75) is 54.3 Å².